The summed E-state index contributed by atoms with van der Waals surface area (Å²) in [6.07, 6.45) is 0.871. The first-order chi connectivity index (χ1) is 7.84. The Kier molecular flexibility index (Phi) is 2.06. The third-order valence-electron chi connectivity index (χ3n) is 3.73. The summed E-state index contributed by atoms with van der Waals surface area (Å²) in [4.78, 5) is 0. The summed E-state index contributed by atoms with van der Waals surface area (Å²) < 4.78 is 25.7. The lowest BCUT2D eigenvalue weighted by atomic mass is 10.1. The predicted molar refractivity (Wildman–Crippen MR) is 67.2 cm³/mol. The highest BCUT2D eigenvalue weighted by atomic mass is 32.2. The minimum Gasteiger partial charge on any atom is -0.212 e. The molecule has 92 valence electrons. The predicted octanol–water partition coefficient (Wildman–Crippen LogP) is 2.10. The second kappa shape index (κ2) is 3.12. The van der Waals surface area contributed by atoms with Crippen molar-refractivity contribution in [3.05, 3.63) is 35.4 Å². The van der Waals surface area contributed by atoms with Crippen LogP contribution in [0.4, 0.5) is 0 Å². The minimum absolute atomic E-state index is 0.107. The summed E-state index contributed by atoms with van der Waals surface area (Å²) in [7, 11) is -3.17. The maximum Gasteiger partial charge on any atom is 0.219 e. The monoisotopic (exact) mass is 251 g/mol. The standard InChI is InChI=1S/C13H17NO2S/c1-13(2,3)17(15,16)14-11-8-9-6-4-5-7-10(9)12(11)14/h4-7,11-12H,8H2,1-3H3. The Morgan fingerprint density at radius 2 is 1.88 bits per heavy atom. The second-order valence-corrected chi connectivity index (χ2v) is 8.46. The molecule has 3 atom stereocenters. The average Bonchev–Trinajstić information content (AvgIpc) is 2.82. The van der Waals surface area contributed by atoms with E-state index in [9.17, 15) is 8.42 Å². The van der Waals surface area contributed by atoms with Crippen molar-refractivity contribution in [2.45, 2.75) is 44.0 Å². The highest BCUT2D eigenvalue weighted by Gasteiger charge is 2.61. The van der Waals surface area contributed by atoms with Crippen LogP contribution in [-0.2, 0) is 16.4 Å². The van der Waals surface area contributed by atoms with Crippen molar-refractivity contribution >= 4 is 10.0 Å². The molecule has 1 aromatic rings. The van der Waals surface area contributed by atoms with Crippen LogP contribution in [0.1, 0.15) is 37.9 Å². The van der Waals surface area contributed by atoms with E-state index in [-0.39, 0.29) is 12.1 Å². The van der Waals surface area contributed by atoms with Crippen LogP contribution in [0.15, 0.2) is 24.3 Å². The molecule has 4 heteroatoms. The Balaban J connectivity index is 1.96. The fourth-order valence-corrected chi connectivity index (χ4v) is 4.36. The Bertz CT molecular complexity index is 571. The molecular formula is C13H17NO2S. The van der Waals surface area contributed by atoms with Gasteiger partial charge in [0, 0.05) is 0 Å². The van der Waals surface area contributed by atoms with Crippen LogP contribution in [0, 0.1) is 0 Å². The maximum absolute atomic E-state index is 12.4. The molecule has 0 amide bonds. The van der Waals surface area contributed by atoms with Crippen LogP contribution in [0.3, 0.4) is 0 Å². The second-order valence-electron chi connectivity index (χ2n) is 5.86. The molecule has 3 unspecified atom stereocenters. The maximum atomic E-state index is 12.4. The topological polar surface area (TPSA) is 37.1 Å². The molecule has 1 fully saturated rings. The quantitative estimate of drug-likeness (QED) is 0.717. The van der Waals surface area contributed by atoms with Crippen molar-refractivity contribution in [3.63, 3.8) is 0 Å². The largest absolute Gasteiger partial charge is 0.219 e. The zero-order valence-electron chi connectivity index (χ0n) is 10.3. The zero-order chi connectivity index (χ0) is 12.4. The van der Waals surface area contributed by atoms with Gasteiger partial charge in [0.1, 0.15) is 0 Å². The Hall–Kier alpha value is -0.870. The Morgan fingerprint density at radius 3 is 2.53 bits per heavy atom. The fraction of sp³-hybridized carbons (Fsp3) is 0.538. The molecule has 3 nitrogen and oxygen atoms in total. The molecule has 3 rings (SSSR count). The molecule has 1 heterocycles. The van der Waals surface area contributed by atoms with Crippen molar-refractivity contribution < 1.29 is 8.42 Å². The lowest BCUT2D eigenvalue weighted by Gasteiger charge is -2.22. The summed E-state index contributed by atoms with van der Waals surface area (Å²) in [6.45, 7) is 5.30. The minimum atomic E-state index is -3.17. The van der Waals surface area contributed by atoms with Gasteiger partial charge in [0.05, 0.1) is 16.8 Å². The van der Waals surface area contributed by atoms with E-state index >= 15 is 0 Å². The SMILES string of the molecule is CC(C)(C)S(=O)(=O)N1C2Cc3ccccc3C21. The molecular weight excluding hydrogens is 234 g/mol. The highest BCUT2D eigenvalue weighted by Crippen LogP contribution is 2.55. The van der Waals surface area contributed by atoms with Crippen molar-refractivity contribution in [3.8, 4) is 0 Å². The van der Waals surface area contributed by atoms with E-state index in [2.05, 4.69) is 12.1 Å². The van der Waals surface area contributed by atoms with Gasteiger partial charge < -0.3 is 0 Å². The van der Waals surface area contributed by atoms with Gasteiger partial charge in [-0.25, -0.2) is 8.42 Å². The van der Waals surface area contributed by atoms with Crippen molar-refractivity contribution in [1.29, 1.82) is 0 Å². The van der Waals surface area contributed by atoms with Gasteiger partial charge in [-0.1, -0.05) is 24.3 Å². The number of rotatable bonds is 1. The van der Waals surface area contributed by atoms with E-state index in [1.807, 2.05) is 12.1 Å². The molecule has 17 heavy (non-hydrogen) atoms. The molecule has 0 N–H and O–H groups in total. The van der Waals surface area contributed by atoms with E-state index in [0.29, 0.717) is 0 Å². The first-order valence-electron chi connectivity index (χ1n) is 5.95. The third kappa shape index (κ3) is 1.40. The van der Waals surface area contributed by atoms with Gasteiger partial charge >= 0.3 is 0 Å². The van der Waals surface area contributed by atoms with Crippen LogP contribution in [-0.4, -0.2) is 23.5 Å². The van der Waals surface area contributed by atoms with E-state index < -0.39 is 14.8 Å². The Morgan fingerprint density at radius 1 is 1.24 bits per heavy atom. The first-order valence-corrected chi connectivity index (χ1v) is 7.39. The summed E-state index contributed by atoms with van der Waals surface area (Å²) in [6, 6.07) is 8.45. The number of hydrogen-bond acceptors (Lipinski definition) is 2. The summed E-state index contributed by atoms with van der Waals surface area (Å²) in [5, 5.41) is 0. The van der Waals surface area contributed by atoms with E-state index in [1.165, 1.54) is 11.1 Å². The van der Waals surface area contributed by atoms with Crippen LogP contribution in [0.25, 0.3) is 0 Å². The summed E-state index contributed by atoms with van der Waals surface area (Å²) >= 11 is 0. The van der Waals surface area contributed by atoms with Gasteiger partial charge in [0.2, 0.25) is 10.0 Å². The molecule has 1 saturated heterocycles. The van der Waals surface area contributed by atoms with Gasteiger partial charge in [0.25, 0.3) is 0 Å². The number of nitrogens with zero attached hydrogens (tertiary/aromatic N) is 1. The van der Waals surface area contributed by atoms with E-state index in [0.717, 1.165) is 6.42 Å². The zero-order valence-corrected chi connectivity index (χ0v) is 11.2. The van der Waals surface area contributed by atoms with Crippen molar-refractivity contribution in [2.75, 3.05) is 0 Å². The Labute approximate surface area is 102 Å². The lowest BCUT2D eigenvalue weighted by molar-refractivity contribution is 0.506. The normalized spacial score (nSPS) is 30.9. The van der Waals surface area contributed by atoms with Crippen LogP contribution < -0.4 is 0 Å². The highest BCUT2D eigenvalue weighted by molar-refractivity contribution is 7.90. The number of hydrogen-bond donors (Lipinski definition) is 0. The van der Waals surface area contributed by atoms with Crippen LogP contribution in [0.5, 0.6) is 0 Å². The summed E-state index contributed by atoms with van der Waals surface area (Å²) in [5.41, 5.74) is 2.51. The molecule has 0 spiro atoms. The van der Waals surface area contributed by atoms with Crippen LogP contribution in [0.2, 0.25) is 0 Å². The van der Waals surface area contributed by atoms with Gasteiger partial charge in [-0.2, -0.15) is 4.31 Å². The fourth-order valence-electron chi connectivity index (χ4n) is 2.68. The number of sulfonamides is 1. The molecule has 1 aromatic carbocycles. The van der Waals surface area contributed by atoms with Crippen molar-refractivity contribution in [1.82, 2.24) is 4.31 Å². The van der Waals surface area contributed by atoms with Gasteiger partial charge in [-0.15, -0.1) is 0 Å². The smallest absolute Gasteiger partial charge is 0.212 e. The first kappa shape index (κ1) is 11.2. The molecule has 0 bridgehead atoms. The molecule has 0 radical (unpaired) electrons. The van der Waals surface area contributed by atoms with E-state index in [4.69, 9.17) is 0 Å². The summed E-state index contributed by atoms with van der Waals surface area (Å²) in [5.74, 6) is 0. The van der Waals surface area contributed by atoms with Gasteiger partial charge in [0.15, 0.2) is 0 Å². The third-order valence-corrected chi connectivity index (χ3v) is 6.33. The van der Waals surface area contributed by atoms with Crippen molar-refractivity contribution in [2.24, 2.45) is 0 Å². The average molecular weight is 251 g/mol. The van der Waals surface area contributed by atoms with Gasteiger partial charge in [-0.3, -0.25) is 0 Å². The molecule has 1 aliphatic heterocycles. The van der Waals surface area contributed by atoms with Crippen LogP contribution >= 0.6 is 0 Å². The number of benzene rings is 1. The molecule has 0 saturated carbocycles. The van der Waals surface area contributed by atoms with Gasteiger partial charge in [-0.05, 0) is 38.3 Å². The molecule has 0 aromatic heterocycles. The molecule has 2 aliphatic rings. The van der Waals surface area contributed by atoms with E-state index in [1.54, 1.807) is 25.1 Å². The lowest BCUT2D eigenvalue weighted by Crippen LogP contribution is -2.35. The number of fused-ring (bicyclic) bond motifs is 3. The molecule has 1 aliphatic carbocycles.